The third-order valence-corrected chi connectivity index (χ3v) is 6.94. The van der Waals surface area contributed by atoms with E-state index in [2.05, 4.69) is 75.8 Å². The second-order valence-corrected chi connectivity index (χ2v) is 9.28. The van der Waals surface area contributed by atoms with E-state index in [-0.39, 0.29) is 0 Å². The van der Waals surface area contributed by atoms with Gasteiger partial charge in [-0.3, -0.25) is 0 Å². The van der Waals surface area contributed by atoms with Crippen molar-refractivity contribution in [2.75, 3.05) is 38.0 Å². The van der Waals surface area contributed by atoms with Gasteiger partial charge < -0.3 is 9.80 Å². The van der Waals surface area contributed by atoms with Gasteiger partial charge in [-0.1, -0.05) is 0 Å². The fraction of sp³-hybridized carbons (Fsp3) is 0.462. The van der Waals surface area contributed by atoms with Gasteiger partial charge in [0.15, 0.2) is 11.6 Å². The Morgan fingerprint density at radius 1 is 0.375 bits per heavy atom. The molecule has 0 N–H and O–H groups in total. The Hall–Kier alpha value is -3.02. The van der Waals surface area contributed by atoms with Crippen LogP contribution in [0.3, 0.4) is 0 Å². The number of aromatic nitrogens is 4. The lowest BCUT2D eigenvalue weighted by atomic mass is 9.84. The van der Waals surface area contributed by atoms with Crippen molar-refractivity contribution in [3.8, 4) is 22.5 Å². The molecule has 170 valence electrons. The van der Waals surface area contributed by atoms with Crippen LogP contribution in [0.5, 0.6) is 0 Å². The summed E-state index contributed by atoms with van der Waals surface area (Å²) in [6.07, 6.45) is 0. The molecule has 0 saturated carbocycles. The number of hydrogen-bond acceptors (Lipinski definition) is 6. The molecule has 0 unspecified atom stereocenters. The first-order chi connectivity index (χ1) is 14.9. The summed E-state index contributed by atoms with van der Waals surface area (Å²) in [5, 5.41) is 18.4. The van der Waals surface area contributed by atoms with E-state index in [1.54, 1.807) is 0 Å². The summed E-state index contributed by atoms with van der Waals surface area (Å²) < 4.78 is 0. The van der Waals surface area contributed by atoms with E-state index in [1.165, 1.54) is 44.5 Å². The molecular weight excluding hydrogens is 396 g/mol. The van der Waals surface area contributed by atoms with Gasteiger partial charge in [0.1, 0.15) is 0 Å². The summed E-state index contributed by atoms with van der Waals surface area (Å²) in [4.78, 5) is 4.03. The molecule has 0 saturated heterocycles. The molecule has 2 heterocycles. The second-order valence-electron chi connectivity index (χ2n) is 9.28. The van der Waals surface area contributed by atoms with E-state index in [0.717, 1.165) is 34.2 Å². The predicted octanol–water partition coefficient (Wildman–Crippen LogP) is 5.20. The van der Waals surface area contributed by atoms with Crippen molar-refractivity contribution in [1.29, 1.82) is 0 Å². The van der Waals surface area contributed by atoms with Gasteiger partial charge in [0, 0.05) is 39.3 Å². The molecule has 0 atom stereocenters. The second kappa shape index (κ2) is 8.49. The molecule has 0 amide bonds. The van der Waals surface area contributed by atoms with Crippen LogP contribution in [0.2, 0.25) is 0 Å². The van der Waals surface area contributed by atoms with Crippen LogP contribution >= 0.6 is 0 Å². The normalized spacial score (nSPS) is 11.1. The average molecular weight is 433 g/mol. The molecule has 0 aliphatic carbocycles. The molecule has 1 aromatic carbocycles. The number of anilines is 2. The van der Waals surface area contributed by atoms with Crippen molar-refractivity contribution in [2.45, 2.75) is 55.4 Å². The lowest BCUT2D eigenvalue weighted by Crippen LogP contribution is -2.15. The Balaban J connectivity index is 2.30. The van der Waals surface area contributed by atoms with Crippen LogP contribution in [0.1, 0.15) is 44.5 Å². The van der Waals surface area contributed by atoms with Gasteiger partial charge in [-0.2, -0.15) is 0 Å². The zero-order chi connectivity index (χ0) is 24.1. The highest BCUT2D eigenvalue weighted by atomic mass is 15.2. The van der Waals surface area contributed by atoms with Crippen molar-refractivity contribution in [2.24, 2.45) is 0 Å². The van der Waals surface area contributed by atoms with E-state index < -0.39 is 0 Å². The molecule has 0 bridgehead atoms. The Morgan fingerprint density at radius 2 is 0.656 bits per heavy atom. The molecular formula is C26H36N6. The highest BCUT2D eigenvalue weighted by molar-refractivity contribution is 5.83. The maximum Gasteiger partial charge on any atom is 0.153 e. The Kier molecular flexibility index (Phi) is 6.27. The minimum atomic E-state index is 0.911. The molecule has 0 aliphatic heterocycles. The van der Waals surface area contributed by atoms with Crippen molar-refractivity contribution >= 4 is 11.6 Å². The van der Waals surface area contributed by atoms with E-state index in [1.807, 2.05) is 38.0 Å². The zero-order valence-corrected chi connectivity index (χ0v) is 21.7. The maximum atomic E-state index is 4.67. The van der Waals surface area contributed by atoms with Crippen molar-refractivity contribution in [1.82, 2.24) is 20.4 Å². The molecule has 0 aliphatic rings. The van der Waals surface area contributed by atoms with Gasteiger partial charge in [-0.05, 0) is 99.9 Å². The van der Waals surface area contributed by atoms with Crippen LogP contribution in [-0.4, -0.2) is 48.6 Å². The third-order valence-electron chi connectivity index (χ3n) is 6.94. The van der Waals surface area contributed by atoms with Crippen molar-refractivity contribution in [3.63, 3.8) is 0 Å². The van der Waals surface area contributed by atoms with Gasteiger partial charge in [0.2, 0.25) is 0 Å². The van der Waals surface area contributed by atoms with Crippen LogP contribution in [0.4, 0.5) is 11.6 Å². The Labute approximate surface area is 192 Å². The summed E-state index contributed by atoms with van der Waals surface area (Å²) in [5.41, 5.74) is 13.8. The summed E-state index contributed by atoms with van der Waals surface area (Å²) in [7, 11) is 8.01. The minimum absolute atomic E-state index is 0.911. The first-order valence-electron chi connectivity index (χ1n) is 11.0. The maximum absolute atomic E-state index is 4.67. The smallest absolute Gasteiger partial charge is 0.153 e. The average Bonchev–Trinajstić information content (AvgIpc) is 2.72. The molecule has 0 spiro atoms. The van der Waals surface area contributed by atoms with Crippen LogP contribution in [-0.2, 0) is 0 Å². The van der Waals surface area contributed by atoms with E-state index in [0.29, 0.717) is 0 Å². The third kappa shape index (κ3) is 3.61. The molecule has 6 heteroatoms. The van der Waals surface area contributed by atoms with Crippen molar-refractivity contribution in [3.05, 3.63) is 44.5 Å². The van der Waals surface area contributed by atoms with E-state index >= 15 is 0 Å². The number of hydrogen-bond donors (Lipinski definition) is 0. The topological polar surface area (TPSA) is 58.0 Å². The minimum Gasteiger partial charge on any atom is -0.361 e. The Morgan fingerprint density at radius 3 is 0.906 bits per heavy atom. The standard InChI is InChI=1S/C26H36N6/c1-13-14(2)22(24-18(6)20(8)26(30-28-24)32(11)12)16(4)15(3)21(13)23-17(5)19(7)25(29-27-23)31(9)10/h1-12H3. The van der Waals surface area contributed by atoms with Gasteiger partial charge >= 0.3 is 0 Å². The lowest BCUT2D eigenvalue weighted by molar-refractivity contribution is 0.936. The summed E-state index contributed by atoms with van der Waals surface area (Å²) in [6.45, 7) is 17.2. The molecule has 3 rings (SSSR count). The first-order valence-corrected chi connectivity index (χ1v) is 11.0. The number of rotatable bonds is 4. The fourth-order valence-corrected chi connectivity index (χ4v) is 4.53. The summed E-state index contributed by atoms with van der Waals surface area (Å²) in [6, 6.07) is 0. The van der Waals surface area contributed by atoms with Crippen LogP contribution in [0, 0.1) is 55.4 Å². The quantitative estimate of drug-likeness (QED) is 0.565. The van der Waals surface area contributed by atoms with E-state index in [4.69, 9.17) is 0 Å². The lowest BCUT2D eigenvalue weighted by Gasteiger charge is -2.24. The monoisotopic (exact) mass is 432 g/mol. The zero-order valence-electron chi connectivity index (χ0n) is 21.7. The summed E-state index contributed by atoms with van der Waals surface area (Å²) >= 11 is 0. The SMILES string of the molecule is Cc1c(-c2c(C)c(C)c(-c3nnc(N(C)C)c(C)c3C)c(C)c2C)nnc(N(C)C)c1C. The highest BCUT2D eigenvalue weighted by Gasteiger charge is 2.24. The Bertz CT molecular complexity index is 1080. The number of nitrogens with zero attached hydrogens (tertiary/aromatic N) is 6. The molecule has 3 aromatic rings. The molecule has 32 heavy (non-hydrogen) atoms. The van der Waals surface area contributed by atoms with Crippen molar-refractivity contribution < 1.29 is 0 Å². The molecule has 2 aromatic heterocycles. The molecule has 6 nitrogen and oxygen atoms in total. The van der Waals surface area contributed by atoms with Gasteiger partial charge in [0.25, 0.3) is 0 Å². The fourth-order valence-electron chi connectivity index (χ4n) is 4.53. The van der Waals surface area contributed by atoms with E-state index in [9.17, 15) is 0 Å². The predicted molar refractivity (Wildman–Crippen MR) is 135 cm³/mol. The highest BCUT2D eigenvalue weighted by Crippen LogP contribution is 2.41. The largest absolute Gasteiger partial charge is 0.361 e. The number of benzene rings is 1. The van der Waals surface area contributed by atoms with Crippen LogP contribution in [0.15, 0.2) is 0 Å². The first kappa shape index (κ1) is 23.6. The van der Waals surface area contributed by atoms with Crippen LogP contribution < -0.4 is 9.80 Å². The van der Waals surface area contributed by atoms with Gasteiger partial charge in [-0.15, -0.1) is 20.4 Å². The van der Waals surface area contributed by atoms with Gasteiger partial charge in [-0.25, -0.2) is 0 Å². The molecule has 0 fully saturated rings. The van der Waals surface area contributed by atoms with Gasteiger partial charge in [0.05, 0.1) is 11.4 Å². The molecule has 0 radical (unpaired) electrons. The summed E-state index contributed by atoms with van der Waals surface area (Å²) in [5.74, 6) is 1.82. The van der Waals surface area contributed by atoms with Crippen LogP contribution in [0.25, 0.3) is 22.5 Å².